The van der Waals surface area contributed by atoms with Gasteiger partial charge >= 0.3 is 0 Å². The highest BCUT2D eigenvalue weighted by molar-refractivity contribution is 7.11. The second-order valence-electron chi connectivity index (χ2n) is 5.96. The summed E-state index contributed by atoms with van der Waals surface area (Å²) in [6.07, 6.45) is 5.11. The van der Waals surface area contributed by atoms with E-state index in [4.69, 9.17) is 4.98 Å². The van der Waals surface area contributed by atoms with Crippen LogP contribution in [-0.4, -0.2) is 12.0 Å². The van der Waals surface area contributed by atoms with Gasteiger partial charge in [-0.15, -0.1) is 11.3 Å². The van der Waals surface area contributed by atoms with E-state index in [9.17, 15) is 0 Å². The molecule has 2 nitrogen and oxygen atoms in total. The monoisotopic (exact) mass is 284 g/mol. The normalized spacial score (nSPS) is 21.1. The van der Waals surface area contributed by atoms with Gasteiger partial charge in [0.15, 0.2) is 0 Å². The van der Waals surface area contributed by atoms with Gasteiger partial charge in [0.25, 0.3) is 0 Å². The molecule has 0 amide bonds. The van der Waals surface area contributed by atoms with Crippen LogP contribution in [-0.2, 0) is 13.0 Å². The number of rotatable bonds is 4. The topological polar surface area (TPSA) is 24.9 Å². The zero-order valence-electron chi connectivity index (χ0n) is 11.9. The average molecular weight is 284 g/mol. The third-order valence-corrected chi connectivity index (χ3v) is 5.66. The lowest BCUT2D eigenvalue weighted by molar-refractivity contribution is 0.770. The molecule has 1 saturated carbocycles. The van der Waals surface area contributed by atoms with Crippen LogP contribution in [0.5, 0.6) is 0 Å². The Morgan fingerprint density at radius 3 is 2.90 bits per heavy atom. The van der Waals surface area contributed by atoms with Crippen LogP contribution < -0.4 is 5.32 Å². The fourth-order valence-electron chi connectivity index (χ4n) is 3.31. The predicted octanol–water partition coefficient (Wildman–Crippen LogP) is 3.82. The Bertz CT molecular complexity index is 628. The van der Waals surface area contributed by atoms with E-state index >= 15 is 0 Å². The number of thiazole rings is 1. The van der Waals surface area contributed by atoms with Crippen molar-refractivity contribution in [2.45, 2.75) is 44.1 Å². The molecule has 2 aromatic rings. The lowest BCUT2D eigenvalue weighted by Crippen LogP contribution is -2.05. The summed E-state index contributed by atoms with van der Waals surface area (Å²) in [6.45, 7) is 0.970. The molecular weight excluding hydrogens is 264 g/mol. The molecule has 1 atom stereocenters. The van der Waals surface area contributed by atoms with Gasteiger partial charge in [-0.3, -0.25) is 0 Å². The summed E-state index contributed by atoms with van der Waals surface area (Å²) >= 11 is 1.94. The van der Waals surface area contributed by atoms with Crippen molar-refractivity contribution in [3.05, 3.63) is 51.0 Å². The Hall–Kier alpha value is -1.19. The molecule has 1 N–H and O–H groups in total. The Morgan fingerprint density at radius 2 is 2.10 bits per heavy atom. The minimum Gasteiger partial charge on any atom is -0.315 e. The van der Waals surface area contributed by atoms with Crippen molar-refractivity contribution in [1.82, 2.24) is 10.3 Å². The molecule has 1 aromatic heterocycles. The molecule has 104 valence electrons. The van der Waals surface area contributed by atoms with E-state index in [0.29, 0.717) is 5.92 Å². The van der Waals surface area contributed by atoms with Gasteiger partial charge in [0.05, 0.1) is 5.69 Å². The standard InChI is InChI=1S/C17H20N2S/c1-18-10-15-16(12-6-7-12)19-17(20-15)14-9-8-11-4-2-3-5-13(11)14/h2-5,12,14,18H,6-10H2,1H3. The molecule has 1 aromatic carbocycles. The molecule has 0 aliphatic heterocycles. The highest BCUT2D eigenvalue weighted by Gasteiger charge is 2.32. The maximum atomic E-state index is 5.05. The second-order valence-corrected chi connectivity index (χ2v) is 7.07. The molecule has 0 radical (unpaired) electrons. The average Bonchev–Trinajstić information content (AvgIpc) is 3.09. The largest absolute Gasteiger partial charge is 0.315 e. The van der Waals surface area contributed by atoms with Crippen molar-refractivity contribution < 1.29 is 0 Å². The van der Waals surface area contributed by atoms with Crippen molar-refractivity contribution >= 4 is 11.3 Å². The Kier molecular flexibility index (Phi) is 3.12. The van der Waals surface area contributed by atoms with Crippen LogP contribution in [0.4, 0.5) is 0 Å². The predicted molar refractivity (Wildman–Crippen MR) is 83.5 cm³/mol. The number of nitrogens with one attached hydrogen (secondary N) is 1. The number of aromatic nitrogens is 1. The van der Waals surface area contributed by atoms with Crippen LogP contribution >= 0.6 is 11.3 Å². The summed E-state index contributed by atoms with van der Waals surface area (Å²) in [7, 11) is 2.03. The Balaban J connectivity index is 1.71. The van der Waals surface area contributed by atoms with Gasteiger partial charge in [-0.2, -0.15) is 0 Å². The van der Waals surface area contributed by atoms with Crippen LogP contribution in [0.2, 0.25) is 0 Å². The number of aryl methyl sites for hydroxylation is 1. The zero-order chi connectivity index (χ0) is 13.5. The molecule has 3 heteroatoms. The van der Waals surface area contributed by atoms with Crippen molar-refractivity contribution in [2.24, 2.45) is 0 Å². The number of benzene rings is 1. The van der Waals surface area contributed by atoms with Crippen LogP contribution in [0.25, 0.3) is 0 Å². The molecule has 1 unspecified atom stereocenters. The summed E-state index contributed by atoms with van der Waals surface area (Å²) in [6, 6.07) is 8.90. The van der Waals surface area contributed by atoms with Crippen LogP contribution in [0.1, 0.15) is 57.8 Å². The van der Waals surface area contributed by atoms with Crippen molar-refractivity contribution in [3.8, 4) is 0 Å². The first-order chi connectivity index (χ1) is 9.86. The van der Waals surface area contributed by atoms with Gasteiger partial charge in [0, 0.05) is 23.3 Å². The second kappa shape index (κ2) is 4.97. The summed E-state index contributed by atoms with van der Waals surface area (Å²) in [5.74, 6) is 1.29. The third-order valence-electron chi connectivity index (χ3n) is 4.48. The van der Waals surface area contributed by atoms with E-state index in [-0.39, 0.29) is 0 Å². The molecule has 0 spiro atoms. The first-order valence-corrected chi connectivity index (χ1v) is 8.40. The maximum absolute atomic E-state index is 5.05. The number of nitrogens with zero attached hydrogens (tertiary/aromatic N) is 1. The molecule has 2 aliphatic carbocycles. The van der Waals surface area contributed by atoms with Gasteiger partial charge < -0.3 is 5.32 Å². The zero-order valence-corrected chi connectivity index (χ0v) is 12.7. The molecule has 1 fully saturated rings. The fraction of sp³-hybridized carbons (Fsp3) is 0.471. The molecular formula is C17H20N2S. The van der Waals surface area contributed by atoms with Gasteiger partial charge in [-0.05, 0) is 43.9 Å². The smallest absolute Gasteiger partial charge is 0.101 e. The van der Waals surface area contributed by atoms with Gasteiger partial charge in [-0.1, -0.05) is 24.3 Å². The lowest BCUT2D eigenvalue weighted by atomic mass is 10.0. The first kappa shape index (κ1) is 12.5. The van der Waals surface area contributed by atoms with Crippen LogP contribution in [0.15, 0.2) is 24.3 Å². The summed E-state index contributed by atoms with van der Waals surface area (Å²) in [4.78, 5) is 6.52. The van der Waals surface area contributed by atoms with Crippen LogP contribution in [0, 0.1) is 0 Å². The van der Waals surface area contributed by atoms with E-state index in [1.165, 1.54) is 52.4 Å². The molecule has 0 bridgehead atoms. The number of hydrogen-bond donors (Lipinski definition) is 1. The molecule has 0 saturated heterocycles. The summed E-state index contributed by atoms with van der Waals surface area (Å²) < 4.78 is 0. The van der Waals surface area contributed by atoms with E-state index in [1.54, 1.807) is 0 Å². The van der Waals surface area contributed by atoms with Gasteiger partial charge in [0.1, 0.15) is 5.01 Å². The minimum absolute atomic E-state index is 0.541. The minimum atomic E-state index is 0.541. The quantitative estimate of drug-likeness (QED) is 0.923. The highest BCUT2D eigenvalue weighted by Crippen LogP contribution is 2.46. The van der Waals surface area contributed by atoms with E-state index in [2.05, 4.69) is 29.6 Å². The maximum Gasteiger partial charge on any atom is 0.101 e. The lowest BCUT2D eigenvalue weighted by Gasteiger charge is -2.07. The van der Waals surface area contributed by atoms with Crippen molar-refractivity contribution in [2.75, 3.05) is 7.05 Å². The highest BCUT2D eigenvalue weighted by atomic mass is 32.1. The molecule has 2 aliphatic rings. The van der Waals surface area contributed by atoms with Crippen molar-refractivity contribution in [3.63, 3.8) is 0 Å². The van der Waals surface area contributed by atoms with Gasteiger partial charge in [0.2, 0.25) is 0 Å². The molecule has 1 heterocycles. The van der Waals surface area contributed by atoms with E-state index < -0.39 is 0 Å². The number of hydrogen-bond acceptors (Lipinski definition) is 3. The Morgan fingerprint density at radius 1 is 1.25 bits per heavy atom. The Labute approximate surface area is 124 Å². The SMILES string of the molecule is CNCc1sc(C2CCc3ccccc32)nc1C1CC1. The molecule has 4 rings (SSSR count). The number of fused-ring (bicyclic) bond motifs is 1. The summed E-state index contributed by atoms with van der Waals surface area (Å²) in [5.41, 5.74) is 4.43. The summed E-state index contributed by atoms with van der Waals surface area (Å²) in [5, 5.41) is 4.65. The first-order valence-electron chi connectivity index (χ1n) is 7.58. The molecule has 20 heavy (non-hydrogen) atoms. The van der Waals surface area contributed by atoms with Crippen LogP contribution in [0.3, 0.4) is 0 Å². The van der Waals surface area contributed by atoms with E-state index in [1.807, 2.05) is 18.4 Å². The fourth-order valence-corrected chi connectivity index (χ4v) is 4.62. The van der Waals surface area contributed by atoms with E-state index in [0.717, 1.165) is 12.5 Å². The third kappa shape index (κ3) is 2.09. The van der Waals surface area contributed by atoms with Gasteiger partial charge in [-0.25, -0.2) is 4.98 Å². The van der Waals surface area contributed by atoms with Crippen molar-refractivity contribution in [1.29, 1.82) is 0 Å².